The molecule has 36 heavy (non-hydrogen) atoms. The van der Waals surface area contributed by atoms with Gasteiger partial charge in [0, 0.05) is 37.2 Å². The number of hydrogen-bond donors (Lipinski definition) is 1. The Balaban J connectivity index is 1.54. The molecule has 184 valence electrons. The van der Waals surface area contributed by atoms with Crippen molar-refractivity contribution in [3.63, 3.8) is 0 Å². The molecule has 0 saturated carbocycles. The van der Waals surface area contributed by atoms with E-state index in [1.54, 1.807) is 0 Å². The number of rotatable bonds is 6. The van der Waals surface area contributed by atoms with E-state index < -0.39 is 0 Å². The number of morpholine rings is 1. The minimum Gasteiger partial charge on any atom is -0.378 e. The Morgan fingerprint density at radius 3 is 2.69 bits per heavy atom. The Morgan fingerprint density at radius 1 is 1.06 bits per heavy atom. The Hall–Kier alpha value is -4.05. The van der Waals surface area contributed by atoms with Gasteiger partial charge in [0.1, 0.15) is 11.5 Å². The lowest BCUT2D eigenvalue weighted by atomic mass is 10.2. The molecule has 5 aromatic rings. The van der Waals surface area contributed by atoms with E-state index in [-0.39, 0.29) is 6.04 Å². The van der Waals surface area contributed by atoms with Crippen LogP contribution in [-0.4, -0.2) is 66.5 Å². The van der Waals surface area contributed by atoms with E-state index in [2.05, 4.69) is 62.0 Å². The zero-order chi connectivity index (χ0) is 24.6. The van der Waals surface area contributed by atoms with Crippen molar-refractivity contribution in [2.24, 2.45) is 0 Å². The average molecular weight is 484 g/mol. The van der Waals surface area contributed by atoms with Crippen molar-refractivity contribution in [1.82, 2.24) is 34.1 Å². The number of benzene rings is 1. The van der Waals surface area contributed by atoms with Gasteiger partial charge in [-0.15, -0.1) is 10.2 Å². The van der Waals surface area contributed by atoms with E-state index in [9.17, 15) is 0 Å². The van der Waals surface area contributed by atoms with Crippen LogP contribution in [0.5, 0.6) is 0 Å². The number of nitrogens with one attached hydrogen (secondary N) is 1. The number of ether oxygens (including phenoxy) is 1. The molecule has 1 fully saturated rings. The molecule has 1 aliphatic rings. The van der Waals surface area contributed by atoms with Gasteiger partial charge in [-0.2, -0.15) is 0 Å². The molecule has 4 aromatic heterocycles. The first-order valence-corrected chi connectivity index (χ1v) is 12.3. The fourth-order valence-corrected chi connectivity index (χ4v) is 4.62. The molecule has 1 saturated heterocycles. The SMILES string of the molecule is Cc1nnc2c(NC(C)C)nc(-c3nc4ccc(N5CCOCC5)cc4n3Cc3ccccn3)cn12. The van der Waals surface area contributed by atoms with Gasteiger partial charge in [-0.1, -0.05) is 6.07 Å². The fourth-order valence-electron chi connectivity index (χ4n) is 4.62. The summed E-state index contributed by atoms with van der Waals surface area (Å²) < 4.78 is 9.73. The van der Waals surface area contributed by atoms with Gasteiger partial charge in [-0.25, -0.2) is 9.97 Å². The van der Waals surface area contributed by atoms with Crippen molar-refractivity contribution < 1.29 is 4.74 Å². The van der Waals surface area contributed by atoms with E-state index in [1.807, 2.05) is 41.9 Å². The van der Waals surface area contributed by atoms with Gasteiger partial charge < -0.3 is 19.5 Å². The summed E-state index contributed by atoms with van der Waals surface area (Å²) in [5, 5.41) is 12.0. The molecular weight excluding hydrogens is 454 g/mol. The molecule has 5 heterocycles. The summed E-state index contributed by atoms with van der Waals surface area (Å²) in [4.78, 5) is 17.0. The number of pyridine rings is 1. The van der Waals surface area contributed by atoms with Crippen molar-refractivity contribution in [3.8, 4) is 11.5 Å². The lowest BCUT2D eigenvalue weighted by Crippen LogP contribution is -2.36. The minimum atomic E-state index is 0.192. The first-order valence-electron chi connectivity index (χ1n) is 12.3. The Morgan fingerprint density at radius 2 is 1.92 bits per heavy atom. The van der Waals surface area contributed by atoms with Crippen molar-refractivity contribution >= 4 is 28.2 Å². The summed E-state index contributed by atoms with van der Waals surface area (Å²) >= 11 is 0. The topological polar surface area (TPSA) is 98.3 Å². The third-order valence-electron chi connectivity index (χ3n) is 6.37. The van der Waals surface area contributed by atoms with Crippen LogP contribution in [0.15, 0.2) is 48.8 Å². The molecular formula is C26H29N9O. The molecule has 0 atom stereocenters. The molecule has 1 aromatic carbocycles. The number of hydrogen-bond acceptors (Lipinski definition) is 8. The lowest BCUT2D eigenvalue weighted by molar-refractivity contribution is 0.122. The maximum Gasteiger partial charge on any atom is 0.203 e. The van der Waals surface area contributed by atoms with Gasteiger partial charge >= 0.3 is 0 Å². The monoisotopic (exact) mass is 483 g/mol. The first-order chi connectivity index (χ1) is 17.6. The van der Waals surface area contributed by atoms with Crippen LogP contribution in [0.1, 0.15) is 25.4 Å². The highest BCUT2D eigenvalue weighted by Gasteiger charge is 2.20. The van der Waals surface area contributed by atoms with Crippen molar-refractivity contribution in [3.05, 3.63) is 60.3 Å². The third kappa shape index (κ3) is 4.13. The van der Waals surface area contributed by atoms with Gasteiger partial charge in [-0.05, 0) is 51.1 Å². The smallest absolute Gasteiger partial charge is 0.203 e. The van der Waals surface area contributed by atoms with Crippen LogP contribution in [0.4, 0.5) is 11.5 Å². The number of nitrogens with zero attached hydrogens (tertiary/aromatic N) is 8. The Bertz CT molecular complexity index is 1520. The predicted octanol–water partition coefficient (Wildman–Crippen LogP) is 3.55. The van der Waals surface area contributed by atoms with Crippen molar-refractivity contribution in [2.75, 3.05) is 36.5 Å². The maximum atomic E-state index is 5.56. The molecule has 10 nitrogen and oxygen atoms in total. The summed E-state index contributed by atoms with van der Waals surface area (Å²) in [6.45, 7) is 9.91. The van der Waals surface area contributed by atoms with Crippen LogP contribution < -0.4 is 10.2 Å². The molecule has 6 rings (SSSR count). The highest BCUT2D eigenvalue weighted by atomic mass is 16.5. The predicted molar refractivity (Wildman–Crippen MR) is 139 cm³/mol. The standard InChI is InChI=1S/C26H29N9O/c1-17(2)28-24-26-32-31-18(3)34(26)16-22(29-24)25-30-21-8-7-20(33-10-12-36-13-11-33)14-23(21)35(25)15-19-6-4-5-9-27-19/h4-9,14,16-17H,10-13,15H2,1-3H3,(H,28,29). The molecule has 1 aliphatic heterocycles. The zero-order valence-electron chi connectivity index (χ0n) is 20.7. The number of anilines is 2. The largest absolute Gasteiger partial charge is 0.378 e. The van der Waals surface area contributed by atoms with E-state index in [1.165, 1.54) is 5.69 Å². The van der Waals surface area contributed by atoms with Gasteiger partial charge in [0.15, 0.2) is 11.6 Å². The Labute approximate surface area is 209 Å². The van der Waals surface area contributed by atoms with Crippen LogP contribution in [0.3, 0.4) is 0 Å². The molecule has 0 bridgehead atoms. The molecule has 0 unspecified atom stereocenters. The second-order valence-electron chi connectivity index (χ2n) is 9.33. The summed E-state index contributed by atoms with van der Waals surface area (Å²) in [6.07, 6.45) is 3.79. The maximum absolute atomic E-state index is 5.56. The van der Waals surface area contributed by atoms with Crippen LogP contribution >= 0.6 is 0 Å². The van der Waals surface area contributed by atoms with Crippen LogP contribution in [0.2, 0.25) is 0 Å². The van der Waals surface area contributed by atoms with Gasteiger partial charge in [-0.3, -0.25) is 9.38 Å². The lowest BCUT2D eigenvalue weighted by Gasteiger charge is -2.28. The number of aromatic nitrogens is 7. The number of fused-ring (bicyclic) bond motifs is 2. The van der Waals surface area contributed by atoms with Crippen LogP contribution in [0.25, 0.3) is 28.2 Å². The quantitative estimate of drug-likeness (QED) is 0.392. The molecule has 0 amide bonds. The summed E-state index contributed by atoms with van der Waals surface area (Å²) in [5.74, 6) is 2.26. The van der Waals surface area contributed by atoms with Crippen LogP contribution in [-0.2, 0) is 11.3 Å². The summed E-state index contributed by atoms with van der Waals surface area (Å²) in [7, 11) is 0. The minimum absolute atomic E-state index is 0.192. The van der Waals surface area contributed by atoms with Gasteiger partial charge in [0.2, 0.25) is 5.65 Å². The van der Waals surface area contributed by atoms with Crippen molar-refractivity contribution in [1.29, 1.82) is 0 Å². The van der Waals surface area contributed by atoms with Crippen molar-refractivity contribution in [2.45, 2.75) is 33.4 Å². The third-order valence-corrected chi connectivity index (χ3v) is 6.37. The highest BCUT2D eigenvalue weighted by molar-refractivity contribution is 5.84. The van der Waals surface area contributed by atoms with Gasteiger partial charge in [0.25, 0.3) is 0 Å². The Kier molecular flexibility index (Phi) is 5.73. The highest BCUT2D eigenvalue weighted by Crippen LogP contribution is 2.30. The van der Waals surface area contributed by atoms with Gasteiger partial charge in [0.05, 0.1) is 36.5 Å². The molecule has 0 aliphatic carbocycles. The summed E-state index contributed by atoms with van der Waals surface area (Å²) in [5.41, 5.74) is 5.52. The molecule has 10 heteroatoms. The van der Waals surface area contributed by atoms with Crippen LogP contribution in [0, 0.1) is 6.92 Å². The van der Waals surface area contributed by atoms with E-state index >= 15 is 0 Å². The van der Waals surface area contributed by atoms with E-state index in [4.69, 9.17) is 14.7 Å². The fraction of sp³-hybridized carbons (Fsp3) is 0.346. The molecule has 1 N–H and O–H groups in total. The molecule has 0 spiro atoms. The second kappa shape index (κ2) is 9.19. The first kappa shape index (κ1) is 22.4. The number of imidazole rings is 1. The normalized spacial score (nSPS) is 14.3. The van der Waals surface area contributed by atoms with E-state index in [0.29, 0.717) is 18.0 Å². The average Bonchev–Trinajstić information content (AvgIpc) is 3.45. The summed E-state index contributed by atoms with van der Waals surface area (Å²) in [6, 6.07) is 12.6. The second-order valence-corrected chi connectivity index (χ2v) is 9.33. The zero-order valence-corrected chi connectivity index (χ0v) is 20.7. The molecule has 0 radical (unpaired) electrons. The number of aryl methyl sites for hydroxylation is 1. The van der Waals surface area contributed by atoms with E-state index in [0.717, 1.165) is 60.4 Å².